The lowest BCUT2D eigenvalue weighted by atomic mass is 10.1. The summed E-state index contributed by atoms with van der Waals surface area (Å²) in [7, 11) is 0. The van der Waals surface area contributed by atoms with Crippen molar-refractivity contribution < 1.29 is 13.9 Å². The zero-order valence-electron chi connectivity index (χ0n) is 11.9. The van der Waals surface area contributed by atoms with Crippen LogP contribution in [0.5, 0.6) is 11.5 Å². The Balaban J connectivity index is 1.85. The van der Waals surface area contributed by atoms with Gasteiger partial charge in [-0.25, -0.2) is 4.39 Å². The van der Waals surface area contributed by atoms with Crippen molar-refractivity contribution >= 4 is 0 Å². The molecule has 23 heavy (non-hydrogen) atoms. The van der Waals surface area contributed by atoms with Crippen molar-refractivity contribution in [3.05, 3.63) is 83.4 Å². The highest BCUT2D eigenvalue weighted by Crippen LogP contribution is 2.24. The van der Waals surface area contributed by atoms with Gasteiger partial charge in [-0.3, -0.25) is 0 Å². The minimum Gasteiger partial charge on any atom is -0.617 e. The maximum Gasteiger partial charge on any atom is 0.295 e. The van der Waals surface area contributed by atoms with Crippen LogP contribution >= 0.6 is 0 Å². The Kier molecular flexibility index (Phi) is 3.89. The Morgan fingerprint density at radius 2 is 1.52 bits per heavy atom. The molecule has 0 saturated heterocycles. The van der Waals surface area contributed by atoms with Gasteiger partial charge in [0.25, 0.3) is 5.69 Å². The molecule has 3 aromatic rings. The molecule has 112 valence electrons. The first-order valence-electron chi connectivity index (χ1n) is 6.84. The van der Waals surface area contributed by atoms with E-state index in [4.69, 9.17) is 10.00 Å². The van der Waals surface area contributed by atoms with Crippen LogP contribution in [0, 0.1) is 22.4 Å². The summed E-state index contributed by atoms with van der Waals surface area (Å²) in [6, 6.07) is 19.2. The highest BCUT2D eigenvalue weighted by molar-refractivity contribution is 5.58. The molecular weight excluding hydrogens is 295 g/mol. The Morgan fingerprint density at radius 1 is 0.913 bits per heavy atom. The topological polar surface area (TPSA) is 60.0 Å². The summed E-state index contributed by atoms with van der Waals surface area (Å²) in [6.45, 7) is 0. The van der Waals surface area contributed by atoms with E-state index in [0.717, 1.165) is 0 Å². The van der Waals surface area contributed by atoms with Gasteiger partial charge in [0.05, 0.1) is 0 Å². The van der Waals surface area contributed by atoms with Crippen LogP contribution in [-0.2, 0) is 0 Å². The molecule has 0 aliphatic heterocycles. The minimum atomic E-state index is -0.329. The monoisotopic (exact) mass is 306 g/mol. The van der Waals surface area contributed by atoms with Crippen molar-refractivity contribution in [1.82, 2.24) is 0 Å². The SMILES string of the molecule is N#Cc1cccc(-c2ccc(Oc3ccc(F)cc3)cc2)[n+]1[O-]. The van der Waals surface area contributed by atoms with Crippen molar-refractivity contribution in [1.29, 1.82) is 5.26 Å². The molecule has 3 rings (SSSR count). The fourth-order valence-electron chi connectivity index (χ4n) is 2.12. The van der Waals surface area contributed by atoms with E-state index < -0.39 is 0 Å². The van der Waals surface area contributed by atoms with Gasteiger partial charge in [-0.05, 0) is 54.6 Å². The second-order valence-electron chi connectivity index (χ2n) is 4.78. The van der Waals surface area contributed by atoms with E-state index >= 15 is 0 Å². The number of hydrogen-bond acceptors (Lipinski definition) is 3. The highest BCUT2D eigenvalue weighted by Gasteiger charge is 2.12. The van der Waals surface area contributed by atoms with Crippen LogP contribution in [0.1, 0.15) is 5.69 Å². The van der Waals surface area contributed by atoms with Gasteiger partial charge >= 0.3 is 0 Å². The summed E-state index contributed by atoms with van der Waals surface area (Å²) in [6.07, 6.45) is 0. The molecule has 0 bridgehead atoms. The van der Waals surface area contributed by atoms with Crippen LogP contribution in [0.2, 0.25) is 0 Å². The van der Waals surface area contributed by atoms with Crippen LogP contribution < -0.4 is 9.47 Å². The average Bonchev–Trinajstić information content (AvgIpc) is 2.58. The molecular formula is C18H11FN2O2. The van der Waals surface area contributed by atoms with Crippen LogP contribution in [0.15, 0.2) is 66.7 Å². The molecule has 0 atom stereocenters. The number of hydrogen-bond donors (Lipinski definition) is 0. The molecule has 4 nitrogen and oxygen atoms in total. The Bertz CT molecular complexity index is 869. The van der Waals surface area contributed by atoms with Gasteiger partial charge in [0.15, 0.2) is 6.07 Å². The zero-order chi connectivity index (χ0) is 16.2. The summed E-state index contributed by atoms with van der Waals surface area (Å²) in [5.41, 5.74) is 1.09. The van der Waals surface area contributed by atoms with E-state index in [1.165, 1.54) is 30.3 Å². The average molecular weight is 306 g/mol. The van der Waals surface area contributed by atoms with Crippen LogP contribution in [0.3, 0.4) is 0 Å². The third-order valence-electron chi connectivity index (χ3n) is 3.26. The molecule has 2 aromatic carbocycles. The normalized spacial score (nSPS) is 10.1. The quantitative estimate of drug-likeness (QED) is 0.546. The van der Waals surface area contributed by atoms with E-state index in [1.54, 1.807) is 36.4 Å². The van der Waals surface area contributed by atoms with Crippen molar-refractivity contribution in [3.63, 3.8) is 0 Å². The van der Waals surface area contributed by atoms with Gasteiger partial charge in [0, 0.05) is 17.7 Å². The molecule has 0 aliphatic rings. The molecule has 1 aromatic heterocycles. The number of ether oxygens (including phenoxy) is 1. The van der Waals surface area contributed by atoms with E-state index in [0.29, 0.717) is 27.5 Å². The van der Waals surface area contributed by atoms with Gasteiger partial charge in [-0.15, -0.1) is 0 Å². The lowest BCUT2D eigenvalue weighted by Crippen LogP contribution is -2.32. The van der Waals surface area contributed by atoms with Gasteiger partial charge in [-0.1, -0.05) is 0 Å². The number of nitriles is 1. The Morgan fingerprint density at radius 3 is 2.13 bits per heavy atom. The number of aromatic nitrogens is 1. The standard InChI is InChI=1S/C18H11FN2O2/c19-14-6-10-17(11-7-14)23-16-8-4-13(5-9-16)18-3-1-2-15(12-20)21(18)22/h1-11H. The molecule has 5 heteroatoms. The summed E-state index contributed by atoms with van der Waals surface area (Å²) in [5, 5.41) is 20.9. The number of benzene rings is 2. The van der Waals surface area contributed by atoms with Crippen LogP contribution in [0.25, 0.3) is 11.3 Å². The van der Waals surface area contributed by atoms with E-state index in [2.05, 4.69) is 0 Å². The molecule has 0 spiro atoms. The van der Waals surface area contributed by atoms with Crippen LogP contribution in [-0.4, -0.2) is 0 Å². The molecule has 0 unspecified atom stereocenters. The molecule has 0 radical (unpaired) electrons. The predicted octanol–water partition coefficient (Wildman–Crippen LogP) is 3.79. The van der Waals surface area contributed by atoms with Crippen molar-refractivity contribution in [2.24, 2.45) is 0 Å². The maximum atomic E-state index is 12.9. The Hall–Kier alpha value is -3.39. The van der Waals surface area contributed by atoms with Crippen LogP contribution in [0.4, 0.5) is 4.39 Å². The fraction of sp³-hybridized carbons (Fsp3) is 0. The molecule has 0 N–H and O–H groups in total. The third kappa shape index (κ3) is 3.11. The zero-order valence-corrected chi connectivity index (χ0v) is 11.9. The second-order valence-corrected chi connectivity index (χ2v) is 4.78. The smallest absolute Gasteiger partial charge is 0.295 e. The number of nitrogens with zero attached hydrogens (tertiary/aromatic N) is 2. The first-order valence-corrected chi connectivity index (χ1v) is 6.84. The minimum absolute atomic E-state index is 0.0362. The molecule has 1 heterocycles. The first-order chi connectivity index (χ1) is 11.2. The van der Waals surface area contributed by atoms with Crippen molar-refractivity contribution in [2.45, 2.75) is 0 Å². The molecule has 0 saturated carbocycles. The van der Waals surface area contributed by atoms with E-state index in [9.17, 15) is 9.60 Å². The third-order valence-corrected chi connectivity index (χ3v) is 3.26. The maximum absolute atomic E-state index is 12.9. The number of pyridine rings is 1. The first kappa shape index (κ1) is 14.5. The van der Waals surface area contributed by atoms with Crippen molar-refractivity contribution in [2.75, 3.05) is 0 Å². The number of halogens is 1. The molecule has 0 aliphatic carbocycles. The largest absolute Gasteiger partial charge is 0.617 e. The van der Waals surface area contributed by atoms with Gasteiger partial charge in [-0.2, -0.15) is 9.99 Å². The lowest BCUT2D eigenvalue weighted by Gasteiger charge is -2.08. The summed E-state index contributed by atoms with van der Waals surface area (Å²) in [4.78, 5) is 0. The van der Waals surface area contributed by atoms with Gasteiger partial charge in [0.1, 0.15) is 17.3 Å². The highest BCUT2D eigenvalue weighted by atomic mass is 19.1. The summed E-state index contributed by atoms with van der Waals surface area (Å²) in [5.74, 6) is 0.754. The fourth-order valence-corrected chi connectivity index (χ4v) is 2.12. The van der Waals surface area contributed by atoms with E-state index in [1.807, 2.05) is 6.07 Å². The Labute approximate surface area is 132 Å². The van der Waals surface area contributed by atoms with Gasteiger partial charge in [0.2, 0.25) is 5.69 Å². The number of rotatable bonds is 3. The van der Waals surface area contributed by atoms with Crippen molar-refractivity contribution in [3.8, 4) is 28.8 Å². The van der Waals surface area contributed by atoms with Gasteiger partial charge < -0.3 is 9.94 Å². The molecule has 0 amide bonds. The summed E-state index contributed by atoms with van der Waals surface area (Å²) >= 11 is 0. The molecule has 0 fully saturated rings. The summed E-state index contributed by atoms with van der Waals surface area (Å²) < 4.78 is 19.0. The predicted molar refractivity (Wildman–Crippen MR) is 82.0 cm³/mol. The second kappa shape index (κ2) is 6.16. The van der Waals surface area contributed by atoms with E-state index in [-0.39, 0.29) is 11.5 Å². The lowest BCUT2D eigenvalue weighted by molar-refractivity contribution is -0.596.